The first-order chi connectivity index (χ1) is 13.6. The van der Waals surface area contributed by atoms with E-state index in [4.69, 9.17) is 16.3 Å². The van der Waals surface area contributed by atoms with E-state index < -0.39 is 5.82 Å². The van der Waals surface area contributed by atoms with Crippen LogP contribution in [-0.2, 0) is 6.54 Å². The molecule has 0 aliphatic rings. The molecule has 1 amide bonds. The summed E-state index contributed by atoms with van der Waals surface area (Å²) in [6.07, 6.45) is 2.02. The Morgan fingerprint density at radius 1 is 1.25 bits per heavy atom. The van der Waals surface area contributed by atoms with Crippen LogP contribution < -0.4 is 10.1 Å². The highest BCUT2D eigenvalue weighted by atomic mass is 35.5. The Kier molecular flexibility index (Phi) is 6.66. The Morgan fingerprint density at radius 3 is 2.86 bits per heavy atom. The molecule has 1 aromatic heterocycles. The van der Waals surface area contributed by atoms with Crippen molar-refractivity contribution in [2.24, 2.45) is 0 Å². The Hall–Kier alpha value is -2.86. The lowest BCUT2D eigenvalue weighted by atomic mass is 10.1. The van der Waals surface area contributed by atoms with Gasteiger partial charge in [0.05, 0.1) is 17.3 Å². The average Bonchev–Trinajstić information content (AvgIpc) is 3.19. The minimum atomic E-state index is -0.491. The summed E-state index contributed by atoms with van der Waals surface area (Å²) in [7, 11) is 0. The average molecular weight is 402 g/mol. The third-order valence-corrected chi connectivity index (χ3v) is 4.47. The third kappa shape index (κ3) is 4.89. The third-order valence-electron chi connectivity index (χ3n) is 4.18. The molecule has 0 saturated carbocycles. The fourth-order valence-corrected chi connectivity index (χ4v) is 2.84. The van der Waals surface area contributed by atoms with Gasteiger partial charge in [-0.2, -0.15) is 5.10 Å². The molecule has 0 aliphatic carbocycles. The number of carbonyl (C=O) groups excluding carboxylic acids is 1. The molecule has 0 unspecified atom stereocenters. The van der Waals surface area contributed by atoms with Crippen molar-refractivity contribution in [3.63, 3.8) is 0 Å². The first kappa shape index (κ1) is 19.9. The van der Waals surface area contributed by atoms with Gasteiger partial charge in [0.1, 0.15) is 17.3 Å². The van der Waals surface area contributed by atoms with Gasteiger partial charge in [-0.15, -0.1) is 0 Å². The Labute approximate surface area is 167 Å². The molecule has 0 spiro atoms. The maximum atomic E-state index is 13.2. The summed E-state index contributed by atoms with van der Waals surface area (Å²) in [6.45, 7) is 2.96. The molecule has 3 aromatic rings. The molecule has 3 rings (SSSR count). The number of hydrogen-bond acceptors (Lipinski definition) is 3. The number of amides is 1. The van der Waals surface area contributed by atoms with Crippen molar-refractivity contribution in [3.8, 4) is 17.0 Å². The molecule has 0 radical (unpaired) electrons. The number of para-hydroxylation sites is 1. The highest BCUT2D eigenvalue weighted by Gasteiger charge is 2.14. The van der Waals surface area contributed by atoms with Gasteiger partial charge in [0.2, 0.25) is 0 Å². The number of unbranched alkanes of at least 4 members (excludes halogenated alkanes) is 1. The number of ether oxygens (including phenoxy) is 1. The highest BCUT2D eigenvalue weighted by Crippen LogP contribution is 2.29. The summed E-state index contributed by atoms with van der Waals surface area (Å²) in [6, 6.07) is 13.6. The topological polar surface area (TPSA) is 67.0 Å². The van der Waals surface area contributed by atoms with Gasteiger partial charge in [-0.05, 0) is 42.3 Å². The summed E-state index contributed by atoms with van der Waals surface area (Å²) in [5.74, 6) is -0.0753. The first-order valence-corrected chi connectivity index (χ1v) is 9.46. The van der Waals surface area contributed by atoms with Crippen molar-refractivity contribution < 1.29 is 13.9 Å². The predicted molar refractivity (Wildman–Crippen MR) is 107 cm³/mol. The molecule has 2 N–H and O–H groups in total. The van der Waals surface area contributed by atoms with Crippen LogP contribution in [0.3, 0.4) is 0 Å². The second-order valence-electron chi connectivity index (χ2n) is 6.30. The normalized spacial score (nSPS) is 10.7. The van der Waals surface area contributed by atoms with Gasteiger partial charge in [0.25, 0.3) is 5.91 Å². The molecule has 1 heterocycles. The maximum Gasteiger partial charge on any atom is 0.269 e. The Morgan fingerprint density at radius 2 is 2.07 bits per heavy atom. The molecule has 0 bridgehead atoms. The van der Waals surface area contributed by atoms with Gasteiger partial charge >= 0.3 is 0 Å². The van der Waals surface area contributed by atoms with Gasteiger partial charge in [-0.1, -0.05) is 43.1 Å². The van der Waals surface area contributed by atoms with E-state index in [0.717, 1.165) is 24.2 Å². The van der Waals surface area contributed by atoms with Crippen molar-refractivity contribution in [3.05, 3.63) is 70.6 Å². The van der Waals surface area contributed by atoms with Gasteiger partial charge in [0, 0.05) is 12.1 Å². The molecule has 0 atom stereocenters. The van der Waals surface area contributed by atoms with Crippen LogP contribution >= 0.6 is 11.6 Å². The second-order valence-corrected chi connectivity index (χ2v) is 6.70. The molecule has 28 heavy (non-hydrogen) atoms. The zero-order valence-electron chi connectivity index (χ0n) is 15.5. The van der Waals surface area contributed by atoms with Crippen molar-refractivity contribution in [1.29, 1.82) is 0 Å². The Balaban J connectivity index is 1.68. The summed E-state index contributed by atoms with van der Waals surface area (Å²) in [5.41, 5.74) is 2.47. The molecule has 0 aliphatic heterocycles. The lowest BCUT2D eigenvalue weighted by molar-refractivity contribution is 0.0946. The van der Waals surface area contributed by atoms with E-state index in [-0.39, 0.29) is 17.5 Å². The quantitative estimate of drug-likeness (QED) is 0.523. The number of aromatic nitrogens is 2. The van der Waals surface area contributed by atoms with Crippen molar-refractivity contribution in [1.82, 2.24) is 15.5 Å². The van der Waals surface area contributed by atoms with E-state index in [1.807, 2.05) is 24.3 Å². The van der Waals surface area contributed by atoms with E-state index in [2.05, 4.69) is 22.4 Å². The second kappa shape index (κ2) is 9.37. The van der Waals surface area contributed by atoms with E-state index in [9.17, 15) is 9.18 Å². The first-order valence-electron chi connectivity index (χ1n) is 9.08. The zero-order chi connectivity index (χ0) is 19.9. The minimum Gasteiger partial charge on any atom is -0.493 e. The smallest absolute Gasteiger partial charge is 0.269 e. The molecule has 7 heteroatoms. The largest absolute Gasteiger partial charge is 0.493 e. The van der Waals surface area contributed by atoms with E-state index in [1.165, 1.54) is 12.1 Å². The molecule has 146 valence electrons. The van der Waals surface area contributed by atoms with Crippen LogP contribution in [0.2, 0.25) is 5.02 Å². The minimum absolute atomic E-state index is 0.0234. The van der Waals surface area contributed by atoms with E-state index >= 15 is 0 Å². The SMILES string of the molecule is CCCCOc1ccccc1-c1cc(C(=O)NCc2ccc(F)c(Cl)c2)[nH]n1. The van der Waals surface area contributed by atoms with Crippen molar-refractivity contribution in [2.75, 3.05) is 6.61 Å². The molecule has 2 aromatic carbocycles. The predicted octanol–water partition coefficient (Wildman–Crippen LogP) is 4.98. The number of hydrogen-bond donors (Lipinski definition) is 2. The summed E-state index contributed by atoms with van der Waals surface area (Å²) < 4.78 is 19.0. The Bertz CT molecular complexity index is 958. The number of nitrogens with one attached hydrogen (secondary N) is 2. The van der Waals surface area contributed by atoms with E-state index in [1.54, 1.807) is 12.1 Å². The molecular formula is C21H21ClFN3O2. The lowest BCUT2D eigenvalue weighted by Gasteiger charge is -2.09. The lowest BCUT2D eigenvalue weighted by Crippen LogP contribution is -2.23. The van der Waals surface area contributed by atoms with Crippen molar-refractivity contribution in [2.45, 2.75) is 26.3 Å². The number of rotatable bonds is 8. The van der Waals surface area contributed by atoms with Crippen LogP contribution in [0.15, 0.2) is 48.5 Å². The number of carbonyl (C=O) groups is 1. The van der Waals surface area contributed by atoms with Crippen LogP contribution in [0, 0.1) is 5.82 Å². The van der Waals surface area contributed by atoms with Crippen molar-refractivity contribution >= 4 is 17.5 Å². The number of halogens is 2. The molecular weight excluding hydrogens is 381 g/mol. The number of H-pyrrole nitrogens is 1. The van der Waals surface area contributed by atoms with Crippen LogP contribution in [-0.4, -0.2) is 22.7 Å². The number of benzene rings is 2. The maximum absolute atomic E-state index is 13.2. The highest BCUT2D eigenvalue weighted by molar-refractivity contribution is 6.30. The molecule has 0 fully saturated rings. The monoisotopic (exact) mass is 401 g/mol. The van der Waals surface area contributed by atoms with Crippen LogP contribution in [0.5, 0.6) is 5.75 Å². The van der Waals surface area contributed by atoms with Gasteiger partial charge in [-0.3, -0.25) is 9.89 Å². The summed E-state index contributed by atoms with van der Waals surface area (Å²) in [4.78, 5) is 12.4. The van der Waals surface area contributed by atoms with Gasteiger partial charge in [-0.25, -0.2) is 4.39 Å². The fourth-order valence-electron chi connectivity index (χ4n) is 2.63. The summed E-state index contributed by atoms with van der Waals surface area (Å²) >= 11 is 5.76. The molecule has 0 saturated heterocycles. The van der Waals surface area contributed by atoms with Crippen LogP contribution in [0.25, 0.3) is 11.3 Å². The van der Waals surface area contributed by atoms with Gasteiger partial charge in [0.15, 0.2) is 0 Å². The molecule has 5 nitrogen and oxygen atoms in total. The number of nitrogens with zero attached hydrogens (tertiary/aromatic N) is 1. The number of aromatic amines is 1. The summed E-state index contributed by atoms with van der Waals surface area (Å²) in [5, 5.41) is 9.78. The van der Waals surface area contributed by atoms with E-state index in [0.29, 0.717) is 23.6 Å². The zero-order valence-corrected chi connectivity index (χ0v) is 16.2. The van der Waals surface area contributed by atoms with Crippen LogP contribution in [0.1, 0.15) is 35.8 Å². The standard InChI is InChI=1S/C21H21ClFN3O2/c1-2-3-10-28-20-7-5-4-6-15(20)18-12-19(26-25-18)21(27)24-13-14-8-9-17(23)16(22)11-14/h4-9,11-12H,2-3,10,13H2,1H3,(H,24,27)(H,25,26). The van der Waals surface area contributed by atoms with Crippen LogP contribution in [0.4, 0.5) is 4.39 Å². The van der Waals surface area contributed by atoms with Gasteiger partial charge < -0.3 is 10.1 Å². The fraction of sp³-hybridized carbons (Fsp3) is 0.238.